The Morgan fingerprint density at radius 1 is 1.04 bits per heavy atom. The third kappa shape index (κ3) is 7.66. The molecular formula is C18H30N4O4S. The van der Waals surface area contributed by atoms with Gasteiger partial charge in [0.1, 0.15) is 5.41 Å². The number of carbonyl (C=O) groups is 2. The van der Waals surface area contributed by atoms with E-state index in [9.17, 15) is 18.0 Å². The summed E-state index contributed by atoms with van der Waals surface area (Å²) in [4.78, 5) is 26.7. The lowest BCUT2D eigenvalue weighted by Gasteiger charge is -2.23. The van der Waals surface area contributed by atoms with Gasteiger partial charge in [0.15, 0.2) is 0 Å². The molecule has 0 saturated heterocycles. The fraction of sp³-hybridized carbons (Fsp3) is 0.556. The van der Waals surface area contributed by atoms with E-state index < -0.39 is 15.4 Å². The van der Waals surface area contributed by atoms with Crippen molar-refractivity contribution >= 4 is 21.8 Å². The first-order valence-electron chi connectivity index (χ1n) is 8.77. The molecule has 0 spiro atoms. The van der Waals surface area contributed by atoms with Gasteiger partial charge >= 0.3 is 0 Å². The van der Waals surface area contributed by atoms with Crippen LogP contribution in [-0.2, 0) is 26.0 Å². The summed E-state index contributed by atoms with van der Waals surface area (Å²) in [7, 11) is 0.206. The van der Waals surface area contributed by atoms with Gasteiger partial charge in [0, 0.05) is 13.1 Å². The minimum Gasteiger partial charge on any atom is -0.355 e. The molecule has 4 N–H and O–H groups in total. The van der Waals surface area contributed by atoms with Crippen LogP contribution in [0.1, 0.15) is 25.8 Å². The number of carbonyl (C=O) groups excluding carboxylic acids is 2. The van der Waals surface area contributed by atoms with Crippen LogP contribution in [-0.4, -0.2) is 58.9 Å². The normalized spacial score (nSPS) is 12.1. The third-order valence-corrected chi connectivity index (χ3v) is 5.08. The lowest BCUT2D eigenvalue weighted by Crippen LogP contribution is -2.48. The first-order valence-corrected chi connectivity index (χ1v) is 10.3. The van der Waals surface area contributed by atoms with E-state index in [2.05, 4.69) is 10.6 Å². The molecule has 0 aromatic heterocycles. The zero-order chi connectivity index (χ0) is 20.7. The number of nitrogens with zero attached hydrogens (tertiary/aromatic N) is 1. The maximum Gasteiger partial charge on any atom is 0.238 e. The highest BCUT2D eigenvalue weighted by Gasteiger charge is 2.35. The van der Waals surface area contributed by atoms with Crippen LogP contribution >= 0.6 is 0 Å². The van der Waals surface area contributed by atoms with Gasteiger partial charge in [-0.15, -0.1) is 0 Å². The van der Waals surface area contributed by atoms with Gasteiger partial charge < -0.3 is 15.5 Å². The molecule has 0 radical (unpaired) electrons. The van der Waals surface area contributed by atoms with E-state index >= 15 is 0 Å². The second-order valence-corrected chi connectivity index (χ2v) is 8.79. The maximum absolute atomic E-state index is 12.3. The van der Waals surface area contributed by atoms with E-state index in [1.807, 2.05) is 19.0 Å². The van der Waals surface area contributed by atoms with Gasteiger partial charge in [-0.05, 0) is 65.0 Å². The standard InChI is InChI=1S/C18H30N4O4S/c1-18(2,16(23)20-11-5-13-22(3)4)17(24)21-12-10-14-6-8-15(9-7-14)27(19,25)26/h6-9H,5,10-13H2,1-4H3,(H,20,23)(H,21,24)(H2,19,25,26). The molecule has 0 heterocycles. The van der Waals surface area contributed by atoms with E-state index in [1.54, 1.807) is 26.0 Å². The van der Waals surface area contributed by atoms with Gasteiger partial charge in [0.2, 0.25) is 21.8 Å². The van der Waals surface area contributed by atoms with E-state index in [1.165, 1.54) is 12.1 Å². The highest BCUT2D eigenvalue weighted by atomic mass is 32.2. The zero-order valence-electron chi connectivity index (χ0n) is 16.4. The van der Waals surface area contributed by atoms with Crippen LogP contribution < -0.4 is 15.8 Å². The average Bonchev–Trinajstić information content (AvgIpc) is 2.57. The number of hydrogen-bond acceptors (Lipinski definition) is 5. The summed E-state index contributed by atoms with van der Waals surface area (Å²) in [5.41, 5.74) is -0.316. The molecule has 27 heavy (non-hydrogen) atoms. The molecule has 1 aromatic carbocycles. The predicted octanol–water partition coefficient (Wildman–Crippen LogP) is 0.0868. The molecular weight excluding hydrogens is 368 g/mol. The van der Waals surface area contributed by atoms with Crippen molar-refractivity contribution in [1.29, 1.82) is 0 Å². The highest BCUT2D eigenvalue weighted by molar-refractivity contribution is 7.89. The molecule has 0 bridgehead atoms. The Balaban J connectivity index is 2.46. The second-order valence-electron chi connectivity index (χ2n) is 7.23. The highest BCUT2D eigenvalue weighted by Crippen LogP contribution is 2.15. The third-order valence-electron chi connectivity index (χ3n) is 4.15. The average molecular weight is 399 g/mol. The van der Waals surface area contributed by atoms with Crippen LogP contribution in [0.3, 0.4) is 0 Å². The van der Waals surface area contributed by atoms with Crippen LogP contribution in [0.4, 0.5) is 0 Å². The molecule has 0 aliphatic rings. The molecule has 0 aliphatic carbocycles. The van der Waals surface area contributed by atoms with Gasteiger partial charge in [0.25, 0.3) is 0 Å². The largest absolute Gasteiger partial charge is 0.355 e. The Labute approximate surface area is 161 Å². The Bertz CT molecular complexity index is 743. The monoisotopic (exact) mass is 398 g/mol. The zero-order valence-corrected chi connectivity index (χ0v) is 17.2. The van der Waals surface area contributed by atoms with Crippen molar-refractivity contribution in [3.8, 4) is 0 Å². The SMILES string of the molecule is CN(C)CCCNC(=O)C(C)(C)C(=O)NCCc1ccc(S(N)(=O)=O)cc1. The first-order chi connectivity index (χ1) is 12.4. The molecule has 152 valence electrons. The first kappa shape index (κ1) is 23.1. The number of hydrogen-bond donors (Lipinski definition) is 3. The molecule has 0 fully saturated rings. The summed E-state index contributed by atoms with van der Waals surface area (Å²) in [6.45, 7) is 4.89. The van der Waals surface area contributed by atoms with Gasteiger partial charge in [0.05, 0.1) is 4.90 Å². The van der Waals surface area contributed by atoms with Crippen LogP contribution in [0.5, 0.6) is 0 Å². The van der Waals surface area contributed by atoms with Crippen molar-refractivity contribution in [3.05, 3.63) is 29.8 Å². The summed E-state index contributed by atoms with van der Waals surface area (Å²) in [5.74, 6) is -0.662. The van der Waals surface area contributed by atoms with E-state index in [0.717, 1.165) is 18.5 Å². The van der Waals surface area contributed by atoms with Gasteiger partial charge in [-0.2, -0.15) is 0 Å². The minimum absolute atomic E-state index is 0.0438. The van der Waals surface area contributed by atoms with Crippen molar-refractivity contribution in [2.24, 2.45) is 10.6 Å². The van der Waals surface area contributed by atoms with E-state index in [4.69, 9.17) is 5.14 Å². The van der Waals surface area contributed by atoms with Crippen LogP contribution in [0.25, 0.3) is 0 Å². The van der Waals surface area contributed by atoms with Crippen molar-refractivity contribution in [2.45, 2.75) is 31.6 Å². The fourth-order valence-electron chi connectivity index (χ4n) is 2.31. The van der Waals surface area contributed by atoms with Gasteiger partial charge in [-0.25, -0.2) is 13.6 Å². The Morgan fingerprint density at radius 3 is 2.04 bits per heavy atom. The Kier molecular flexibility index (Phi) is 8.39. The molecule has 0 aliphatic heterocycles. The lowest BCUT2D eigenvalue weighted by atomic mass is 9.91. The molecule has 0 atom stereocenters. The predicted molar refractivity (Wildman–Crippen MR) is 104 cm³/mol. The molecule has 9 heteroatoms. The number of benzene rings is 1. The smallest absolute Gasteiger partial charge is 0.238 e. The molecule has 1 rings (SSSR count). The van der Waals surface area contributed by atoms with E-state index in [0.29, 0.717) is 19.5 Å². The van der Waals surface area contributed by atoms with E-state index in [-0.39, 0.29) is 16.7 Å². The van der Waals surface area contributed by atoms with Crippen molar-refractivity contribution in [3.63, 3.8) is 0 Å². The molecule has 8 nitrogen and oxygen atoms in total. The number of rotatable bonds is 10. The lowest BCUT2D eigenvalue weighted by molar-refractivity contribution is -0.141. The van der Waals surface area contributed by atoms with Crippen molar-refractivity contribution in [2.75, 3.05) is 33.7 Å². The summed E-state index contributed by atoms with van der Waals surface area (Å²) in [6.07, 6.45) is 1.32. The second kappa shape index (κ2) is 9.82. The Hall–Kier alpha value is -1.97. The van der Waals surface area contributed by atoms with Crippen molar-refractivity contribution < 1.29 is 18.0 Å². The number of nitrogens with one attached hydrogen (secondary N) is 2. The van der Waals surface area contributed by atoms with Crippen molar-refractivity contribution in [1.82, 2.24) is 15.5 Å². The quantitative estimate of drug-likeness (QED) is 0.381. The summed E-state index contributed by atoms with van der Waals surface area (Å²) in [6, 6.07) is 6.15. The summed E-state index contributed by atoms with van der Waals surface area (Å²) >= 11 is 0. The summed E-state index contributed by atoms with van der Waals surface area (Å²) in [5, 5.41) is 10.6. The molecule has 0 unspecified atom stereocenters. The molecule has 0 saturated carbocycles. The van der Waals surface area contributed by atoms with Crippen LogP contribution in [0.15, 0.2) is 29.2 Å². The number of amides is 2. The van der Waals surface area contributed by atoms with Crippen LogP contribution in [0, 0.1) is 5.41 Å². The minimum atomic E-state index is -3.71. The number of sulfonamides is 1. The Morgan fingerprint density at radius 2 is 1.56 bits per heavy atom. The topological polar surface area (TPSA) is 122 Å². The summed E-state index contributed by atoms with van der Waals surface area (Å²) < 4.78 is 22.5. The fourth-order valence-corrected chi connectivity index (χ4v) is 2.82. The maximum atomic E-state index is 12.3. The molecule has 2 amide bonds. The van der Waals surface area contributed by atoms with Crippen LogP contribution in [0.2, 0.25) is 0 Å². The van der Waals surface area contributed by atoms with Gasteiger partial charge in [-0.1, -0.05) is 12.1 Å². The number of nitrogens with two attached hydrogens (primary N) is 1. The number of primary sulfonamides is 1. The van der Waals surface area contributed by atoms with Gasteiger partial charge in [-0.3, -0.25) is 9.59 Å². The molecule has 1 aromatic rings.